The summed E-state index contributed by atoms with van der Waals surface area (Å²) in [5.41, 5.74) is 3.72. The average molecular weight is 265 g/mol. The zero-order valence-corrected chi connectivity index (χ0v) is 12.8. The van der Waals surface area contributed by atoms with Crippen LogP contribution in [0.5, 0.6) is 0 Å². The minimum atomic E-state index is 0.0932. The van der Waals surface area contributed by atoms with E-state index in [1.807, 2.05) is 13.8 Å². The Hall–Kier alpha value is -1.36. The van der Waals surface area contributed by atoms with Crippen LogP contribution in [0, 0.1) is 6.92 Å². The highest BCUT2D eigenvalue weighted by Crippen LogP contribution is 2.28. The molecule has 0 saturated carbocycles. The van der Waals surface area contributed by atoms with Crippen molar-refractivity contribution in [2.75, 3.05) is 10.7 Å². The van der Waals surface area contributed by atoms with Crippen LogP contribution in [-0.4, -0.2) is 15.5 Å². The Balaban J connectivity index is 3.18. The van der Waals surface area contributed by atoms with Crippen LogP contribution in [0.25, 0.3) is 0 Å². The smallest absolute Gasteiger partial charge is 0.148 e. The monoisotopic (exact) mass is 265 g/mol. The summed E-state index contributed by atoms with van der Waals surface area (Å²) in [6.07, 6.45) is 3.99. The number of hydrogen-bond acceptors (Lipinski definition) is 5. The Kier molecular flexibility index (Phi) is 5.54. The molecule has 1 rings (SSSR count). The maximum atomic E-state index is 5.54. The van der Waals surface area contributed by atoms with E-state index in [0.717, 1.165) is 42.9 Å². The van der Waals surface area contributed by atoms with Crippen molar-refractivity contribution < 1.29 is 0 Å². The third kappa shape index (κ3) is 3.35. The lowest BCUT2D eigenvalue weighted by molar-refractivity contribution is 0.418. The third-order valence-electron chi connectivity index (χ3n) is 4.06. The van der Waals surface area contributed by atoms with Crippen LogP contribution in [0.1, 0.15) is 58.3 Å². The standard InChI is InChI=1S/C14H27N5/c1-6-11-16-12(10(5)13(17-11)19-15)18-14(7-2,8-3)9-4/h6-9,15H2,1-5H3,(H2,16,17,18,19). The van der Waals surface area contributed by atoms with Gasteiger partial charge in [-0.3, -0.25) is 0 Å². The lowest BCUT2D eigenvalue weighted by Gasteiger charge is -2.33. The molecule has 1 aromatic rings. The van der Waals surface area contributed by atoms with Gasteiger partial charge >= 0.3 is 0 Å². The molecule has 5 heteroatoms. The molecule has 0 spiro atoms. The zero-order valence-electron chi connectivity index (χ0n) is 12.8. The van der Waals surface area contributed by atoms with Crippen LogP contribution in [0.3, 0.4) is 0 Å². The SMILES string of the molecule is CCc1nc(NN)c(C)c(NC(CC)(CC)CC)n1. The van der Waals surface area contributed by atoms with Crippen LogP contribution in [0.15, 0.2) is 0 Å². The zero-order chi connectivity index (χ0) is 14.5. The van der Waals surface area contributed by atoms with E-state index in [-0.39, 0.29) is 5.54 Å². The molecule has 0 aromatic carbocycles. The molecule has 4 N–H and O–H groups in total. The molecule has 108 valence electrons. The van der Waals surface area contributed by atoms with Gasteiger partial charge in [-0.2, -0.15) is 0 Å². The van der Waals surface area contributed by atoms with E-state index in [2.05, 4.69) is 41.5 Å². The van der Waals surface area contributed by atoms with Crippen molar-refractivity contribution in [2.24, 2.45) is 5.84 Å². The second-order valence-corrected chi connectivity index (χ2v) is 4.93. The first kappa shape index (κ1) is 15.7. The summed E-state index contributed by atoms with van der Waals surface area (Å²) < 4.78 is 0. The number of nitrogens with zero attached hydrogens (tertiary/aromatic N) is 2. The molecular formula is C14H27N5. The van der Waals surface area contributed by atoms with E-state index in [9.17, 15) is 0 Å². The fourth-order valence-electron chi connectivity index (χ4n) is 2.25. The molecule has 0 aliphatic rings. The molecule has 1 aromatic heterocycles. The Morgan fingerprint density at radius 2 is 1.53 bits per heavy atom. The average Bonchev–Trinajstić information content (AvgIpc) is 2.46. The van der Waals surface area contributed by atoms with E-state index in [0.29, 0.717) is 5.82 Å². The van der Waals surface area contributed by atoms with Gasteiger partial charge < -0.3 is 10.7 Å². The quantitative estimate of drug-likeness (QED) is 0.522. The topological polar surface area (TPSA) is 75.9 Å². The Labute approximate surface area is 116 Å². The van der Waals surface area contributed by atoms with Crippen molar-refractivity contribution in [3.63, 3.8) is 0 Å². The highest BCUT2D eigenvalue weighted by molar-refractivity contribution is 5.57. The molecule has 0 bridgehead atoms. The van der Waals surface area contributed by atoms with Crippen LogP contribution in [0.2, 0.25) is 0 Å². The third-order valence-corrected chi connectivity index (χ3v) is 4.06. The Morgan fingerprint density at radius 3 is 1.95 bits per heavy atom. The number of rotatable bonds is 7. The summed E-state index contributed by atoms with van der Waals surface area (Å²) in [5.74, 6) is 7.93. The van der Waals surface area contributed by atoms with Gasteiger partial charge in [0.1, 0.15) is 17.5 Å². The normalized spacial score (nSPS) is 11.5. The van der Waals surface area contributed by atoms with Gasteiger partial charge in [0.25, 0.3) is 0 Å². The number of hydrazine groups is 1. The molecular weight excluding hydrogens is 238 g/mol. The summed E-state index contributed by atoms with van der Waals surface area (Å²) in [5, 5.41) is 3.61. The number of nitrogens with one attached hydrogen (secondary N) is 2. The van der Waals surface area contributed by atoms with Gasteiger partial charge in [-0.15, -0.1) is 0 Å². The molecule has 1 heterocycles. The highest BCUT2D eigenvalue weighted by atomic mass is 15.3. The second kappa shape index (κ2) is 6.70. The fraction of sp³-hybridized carbons (Fsp3) is 0.714. The lowest BCUT2D eigenvalue weighted by atomic mass is 9.89. The minimum absolute atomic E-state index is 0.0932. The minimum Gasteiger partial charge on any atom is -0.364 e. The van der Waals surface area contributed by atoms with Gasteiger partial charge in [-0.1, -0.05) is 27.7 Å². The Morgan fingerprint density at radius 1 is 1.00 bits per heavy atom. The van der Waals surface area contributed by atoms with E-state index < -0.39 is 0 Å². The van der Waals surface area contributed by atoms with E-state index >= 15 is 0 Å². The molecule has 0 aliphatic carbocycles. The van der Waals surface area contributed by atoms with Crippen molar-refractivity contribution in [1.29, 1.82) is 0 Å². The predicted octanol–water partition coefficient (Wildman–Crippen LogP) is 3.01. The van der Waals surface area contributed by atoms with Gasteiger partial charge in [0, 0.05) is 17.5 Å². The molecule has 19 heavy (non-hydrogen) atoms. The maximum absolute atomic E-state index is 5.54. The summed E-state index contributed by atoms with van der Waals surface area (Å²) in [7, 11) is 0. The first-order valence-electron chi connectivity index (χ1n) is 7.18. The van der Waals surface area contributed by atoms with E-state index in [4.69, 9.17) is 5.84 Å². The van der Waals surface area contributed by atoms with Gasteiger partial charge in [0.2, 0.25) is 0 Å². The number of aromatic nitrogens is 2. The van der Waals surface area contributed by atoms with Crippen molar-refractivity contribution >= 4 is 11.6 Å². The Bertz CT molecular complexity index is 404. The summed E-state index contributed by atoms with van der Waals surface area (Å²) in [4.78, 5) is 9.00. The number of anilines is 2. The second-order valence-electron chi connectivity index (χ2n) is 4.93. The molecule has 5 nitrogen and oxygen atoms in total. The van der Waals surface area contributed by atoms with E-state index in [1.54, 1.807) is 0 Å². The van der Waals surface area contributed by atoms with Crippen molar-refractivity contribution in [3.8, 4) is 0 Å². The van der Waals surface area contributed by atoms with Gasteiger partial charge in [-0.25, -0.2) is 15.8 Å². The largest absolute Gasteiger partial charge is 0.364 e. The van der Waals surface area contributed by atoms with Crippen LogP contribution < -0.4 is 16.6 Å². The van der Waals surface area contributed by atoms with Gasteiger partial charge in [-0.05, 0) is 26.2 Å². The first-order valence-corrected chi connectivity index (χ1v) is 7.18. The summed E-state index contributed by atoms with van der Waals surface area (Å²) in [6, 6.07) is 0. The highest BCUT2D eigenvalue weighted by Gasteiger charge is 2.25. The van der Waals surface area contributed by atoms with Gasteiger partial charge in [0.15, 0.2) is 0 Å². The molecule has 0 saturated heterocycles. The van der Waals surface area contributed by atoms with Gasteiger partial charge in [0.05, 0.1) is 0 Å². The van der Waals surface area contributed by atoms with Crippen LogP contribution in [-0.2, 0) is 6.42 Å². The summed E-state index contributed by atoms with van der Waals surface area (Å²) >= 11 is 0. The number of nitrogen functional groups attached to an aromatic ring is 1. The maximum Gasteiger partial charge on any atom is 0.148 e. The van der Waals surface area contributed by atoms with Crippen LogP contribution in [0.4, 0.5) is 11.6 Å². The molecule has 0 unspecified atom stereocenters. The summed E-state index contributed by atoms with van der Waals surface area (Å²) in [6.45, 7) is 10.7. The van der Waals surface area contributed by atoms with Crippen LogP contribution >= 0.6 is 0 Å². The molecule has 0 aliphatic heterocycles. The van der Waals surface area contributed by atoms with Crippen molar-refractivity contribution in [3.05, 3.63) is 11.4 Å². The van der Waals surface area contributed by atoms with E-state index in [1.165, 1.54) is 0 Å². The van der Waals surface area contributed by atoms with Crippen molar-refractivity contribution in [2.45, 2.75) is 65.8 Å². The number of aryl methyl sites for hydroxylation is 1. The first-order chi connectivity index (χ1) is 9.05. The number of nitrogens with two attached hydrogens (primary N) is 1. The lowest BCUT2D eigenvalue weighted by Crippen LogP contribution is -2.37. The predicted molar refractivity (Wildman–Crippen MR) is 81.2 cm³/mol. The molecule has 0 atom stereocenters. The van der Waals surface area contributed by atoms with Crippen molar-refractivity contribution in [1.82, 2.24) is 9.97 Å². The number of hydrogen-bond donors (Lipinski definition) is 3. The molecule has 0 amide bonds. The molecule has 0 fully saturated rings. The fourth-order valence-corrected chi connectivity index (χ4v) is 2.25. The molecule has 0 radical (unpaired) electrons.